The van der Waals surface area contributed by atoms with E-state index < -0.39 is 0 Å². The standard InChI is InChI=1S/C18H26N2O2/c1-3-14(2)18(22)20-11-9-16(10-12-20)17(21)19-13-15-7-5-4-6-8-15/h4-8,14,16H,3,9-13H2,1-2H3,(H,19,21)/t14-/m1/s1. The Morgan fingerprint density at radius 2 is 1.86 bits per heavy atom. The maximum Gasteiger partial charge on any atom is 0.225 e. The van der Waals surface area contributed by atoms with Gasteiger partial charge in [-0.1, -0.05) is 44.2 Å². The molecule has 1 saturated heterocycles. The molecule has 1 atom stereocenters. The summed E-state index contributed by atoms with van der Waals surface area (Å²) >= 11 is 0. The summed E-state index contributed by atoms with van der Waals surface area (Å²) in [5.74, 6) is 0.457. The fourth-order valence-electron chi connectivity index (χ4n) is 2.78. The minimum Gasteiger partial charge on any atom is -0.352 e. The highest BCUT2D eigenvalue weighted by molar-refractivity contribution is 5.80. The van der Waals surface area contributed by atoms with Crippen molar-refractivity contribution in [2.75, 3.05) is 13.1 Å². The van der Waals surface area contributed by atoms with Crippen molar-refractivity contribution in [3.63, 3.8) is 0 Å². The lowest BCUT2D eigenvalue weighted by molar-refractivity contribution is -0.138. The van der Waals surface area contributed by atoms with Crippen LogP contribution in [0.5, 0.6) is 0 Å². The first-order chi connectivity index (χ1) is 10.6. The van der Waals surface area contributed by atoms with E-state index in [0.717, 1.165) is 24.8 Å². The SMILES string of the molecule is CC[C@@H](C)C(=O)N1CCC(C(=O)NCc2ccccc2)CC1. The second-order valence-electron chi connectivity index (χ2n) is 6.11. The number of nitrogens with one attached hydrogen (secondary N) is 1. The molecule has 120 valence electrons. The van der Waals surface area contributed by atoms with Gasteiger partial charge in [0.2, 0.25) is 11.8 Å². The predicted molar refractivity (Wildman–Crippen MR) is 87.0 cm³/mol. The molecule has 0 aromatic heterocycles. The fourth-order valence-corrected chi connectivity index (χ4v) is 2.78. The summed E-state index contributed by atoms with van der Waals surface area (Å²) in [7, 11) is 0. The van der Waals surface area contributed by atoms with Gasteiger partial charge in [-0.05, 0) is 24.8 Å². The highest BCUT2D eigenvalue weighted by atomic mass is 16.2. The molecule has 1 aromatic rings. The van der Waals surface area contributed by atoms with Crippen molar-refractivity contribution >= 4 is 11.8 Å². The van der Waals surface area contributed by atoms with E-state index in [1.807, 2.05) is 49.1 Å². The number of amides is 2. The molecule has 0 spiro atoms. The van der Waals surface area contributed by atoms with Crippen molar-refractivity contribution in [2.24, 2.45) is 11.8 Å². The van der Waals surface area contributed by atoms with E-state index in [1.54, 1.807) is 0 Å². The average molecular weight is 302 g/mol. The van der Waals surface area contributed by atoms with Crippen LogP contribution in [0.2, 0.25) is 0 Å². The molecule has 2 rings (SSSR count). The third kappa shape index (κ3) is 4.33. The molecule has 1 aliphatic heterocycles. The van der Waals surface area contributed by atoms with Crippen molar-refractivity contribution in [2.45, 2.75) is 39.7 Å². The highest BCUT2D eigenvalue weighted by Crippen LogP contribution is 2.20. The maximum atomic E-state index is 12.2. The molecule has 22 heavy (non-hydrogen) atoms. The molecule has 4 nitrogen and oxygen atoms in total. The molecule has 0 saturated carbocycles. The number of benzene rings is 1. The summed E-state index contributed by atoms with van der Waals surface area (Å²) in [6.07, 6.45) is 2.40. The quantitative estimate of drug-likeness (QED) is 0.909. The first kappa shape index (κ1) is 16.5. The van der Waals surface area contributed by atoms with Gasteiger partial charge in [0.05, 0.1) is 0 Å². The second-order valence-corrected chi connectivity index (χ2v) is 6.11. The van der Waals surface area contributed by atoms with Gasteiger partial charge >= 0.3 is 0 Å². The summed E-state index contributed by atoms with van der Waals surface area (Å²) in [6, 6.07) is 9.93. The van der Waals surface area contributed by atoms with Crippen LogP contribution in [0.15, 0.2) is 30.3 Å². The van der Waals surface area contributed by atoms with Gasteiger partial charge < -0.3 is 10.2 Å². The topological polar surface area (TPSA) is 49.4 Å². The van der Waals surface area contributed by atoms with Crippen molar-refractivity contribution in [1.82, 2.24) is 10.2 Å². The van der Waals surface area contributed by atoms with E-state index in [-0.39, 0.29) is 23.7 Å². The van der Waals surface area contributed by atoms with Crippen molar-refractivity contribution < 1.29 is 9.59 Å². The fraction of sp³-hybridized carbons (Fsp3) is 0.556. The van der Waals surface area contributed by atoms with E-state index in [9.17, 15) is 9.59 Å². The lowest BCUT2D eigenvalue weighted by Gasteiger charge is -2.32. The predicted octanol–water partition coefficient (Wildman–Crippen LogP) is 2.59. The summed E-state index contributed by atoms with van der Waals surface area (Å²) in [6.45, 7) is 5.98. The van der Waals surface area contributed by atoms with Crippen molar-refractivity contribution in [3.8, 4) is 0 Å². The number of rotatable bonds is 5. The molecular formula is C18H26N2O2. The number of nitrogens with zero attached hydrogens (tertiary/aromatic N) is 1. The smallest absolute Gasteiger partial charge is 0.225 e. The van der Waals surface area contributed by atoms with Gasteiger partial charge in [0.1, 0.15) is 0 Å². The van der Waals surface area contributed by atoms with Gasteiger partial charge in [0.25, 0.3) is 0 Å². The first-order valence-corrected chi connectivity index (χ1v) is 8.22. The van der Waals surface area contributed by atoms with Gasteiger partial charge in [-0.3, -0.25) is 9.59 Å². The number of hydrogen-bond acceptors (Lipinski definition) is 2. The van der Waals surface area contributed by atoms with Gasteiger partial charge in [-0.15, -0.1) is 0 Å². The molecule has 0 bridgehead atoms. The number of hydrogen-bond donors (Lipinski definition) is 1. The minimum absolute atomic E-state index is 0.0321. The zero-order valence-corrected chi connectivity index (χ0v) is 13.5. The third-order valence-electron chi connectivity index (χ3n) is 4.52. The van der Waals surface area contributed by atoms with Crippen molar-refractivity contribution in [1.29, 1.82) is 0 Å². The van der Waals surface area contributed by atoms with Crippen molar-refractivity contribution in [3.05, 3.63) is 35.9 Å². The van der Waals surface area contributed by atoms with Crippen LogP contribution < -0.4 is 5.32 Å². The second kappa shape index (κ2) is 7.97. The molecule has 2 amide bonds. The van der Waals surface area contributed by atoms with Gasteiger partial charge in [-0.25, -0.2) is 0 Å². The summed E-state index contributed by atoms with van der Waals surface area (Å²) in [5, 5.41) is 3.00. The molecule has 1 fully saturated rings. The lowest BCUT2D eigenvalue weighted by atomic mass is 9.94. The Hall–Kier alpha value is -1.84. The third-order valence-corrected chi connectivity index (χ3v) is 4.52. The zero-order valence-electron chi connectivity index (χ0n) is 13.5. The Kier molecular flexibility index (Phi) is 5.99. The van der Waals surface area contributed by atoms with Gasteiger partial charge in [0.15, 0.2) is 0 Å². The van der Waals surface area contributed by atoms with E-state index >= 15 is 0 Å². The van der Waals surface area contributed by atoms with Gasteiger partial charge in [-0.2, -0.15) is 0 Å². The summed E-state index contributed by atoms with van der Waals surface area (Å²) in [5.41, 5.74) is 1.11. The van der Waals surface area contributed by atoms with E-state index in [0.29, 0.717) is 19.6 Å². The molecule has 0 unspecified atom stereocenters. The van der Waals surface area contributed by atoms with E-state index in [1.165, 1.54) is 0 Å². The zero-order chi connectivity index (χ0) is 15.9. The van der Waals surface area contributed by atoms with Crippen LogP contribution in [-0.4, -0.2) is 29.8 Å². The highest BCUT2D eigenvalue weighted by Gasteiger charge is 2.28. The molecule has 1 aliphatic rings. The number of piperidine rings is 1. The van der Waals surface area contributed by atoms with Crippen LogP contribution in [0.4, 0.5) is 0 Å². The number of carbonyl (C=O) groups excluding carboxylic acids is 2. The molecule has 1 heterocycles. The molecular weight excluding hydrogens is 276 g/mol. The molecule has 1 N–H and O–H groups in total. The average Bonchev–Trinajstić information content (AvgIpc) is 2.59. The Morgan fingerprint density at radius 1 is 1.23 bits per heavy atom. The normalized spacial score (nSPS) is 17.1. The van der Waals surface area contributed by atoms with E-state index in [2.05, 4.69) is 5.32 Å². The number of likely N-dealkylation sites (tertiary alicyclic amines) is 1. The van der Waals surface area contributed by atoms with Crippen LogP contribution >= 0.6 is 0 Å². The molecule has 0 radical (unpaired) electrons. The monoisotopic (exact) mass is 302 g/mol. The number of carbonyl (C=O) groups is 2. The maximum absolute atomic E-state index is 12.2. The Balaban J connectivity index is 1.76. The van der Waals surface area contributed by atoms with Crippen LogP contribution in [-0.2, 0) is 16.1 Å². The molecule has 1 aromatic carbocycles. The van der Waals surface area contributed by atoms with Crippen LogP contribution in [0.3, 0.4) is 0 Å². The summed E-state index contributed by atoms with van der Waals surface area (Å²) in [4.78, 5) is 26.3. The Morgan fingerprint density at radius 3 is 2.45 bits per heavy atom. The van der Waals surface area contributed by atoms with Crippen LogP contribution in [0.1, 0.15) is 38.7 Å². The van der Waals surface area contributed by atoms with Crippen LogP contribution in [0, 0.1) is 11.8 Å². The van der Waals surface area contributed by atoms with Gasteiger partial charge in [0, 0.05) is 31.5 Å². The lowest BCUT2D eigenvalue weighted by Crippen LogP contribution is -2.44. The largest absolute Gasteiger partial charge is 0.352 e. The minimum atomic E-state index is 0.0321. The summed E-state index contributed by atoms with van der Waals surface area (Å²) < 4.78 is 0. The first-order valence-electron chi connectivity index (χ1n) is 8.22. The van der Waals surface area contributed by atoms with E-state index in [4.69, 9.17) is 0 Å². The Bertz CT molecular complexity index is 493. The molecule has 4 heteroatoms. The Labute approximate surface area is 132 Å². The van der Waals surface area contributed by atoms with Crippen LogP contribution in [0.25, 0.3) is 0 Å². The molecule has 0 aliphatic carbocycles.